The fourth-order valence-electron chi connectivity index (χ4n) is 2.22. The average molecular weight is 333 g/mol. The van der Waals surface area contributed by atoms with E-state index >= 15 is 0 Å². The van der Waals surface area contributed by atoms with Crippen LogP contribution in [0.25, 0.3) is 0 Å². The van der Waals surface area contributed by atoms with Crippen LogP contribution in [0, 0.1) is 5.92 Å². The molecule has 1 aromatic rings. The van der Waals surface area contributed by atoms with E-state index < -0.39 is 0 Å². The highest BCUT2D eigenvalue weighted by Crippen LogP contribution is 2.29. The van der Waals surface area contributed by atoms with Gasteiger partial charge >= 0.3 is 0 Å². The molecule has 1 saturated carbocycles. The lowest BCUT2D eigenvalue weighted by Crippen LogP contribution is -2.28. The number of benzene rings is 1. The smallest absolute Gasteiger partial charge is 0.255 e. The maximum absolute atomic E-state index is 11.9. The van der Waals surface area contributed by atoms with Crippen LogP contribution in [0.1, 0.15) is 29.6 Å². The van der Waals surface area contributed by atoms with Crippen LogP contribution in [0.2, 0.25) is 0 Å². The Morgan fingerprint density at radius 3 is 2.94 bits per heavy atom. The number of nitrogens with one attached hydrogen (secondary N) is 1. The first-order chi connectivity index (χ1) is 8.56. The molecule has 0 heterocycles. The van der Waals surface area contributed by atoms with Crippen molar-refractivity contribution in [2.75, 3.05) is 6.54 Å². The monoisotopic (exact) mass is 331 g/mol. The standard InChI is InChI=1S/C13H15BrClNO2/c14-9-2-4-12(17)11(6-9)13(18)16-7-8-1-3-10(15)5-8/h2,4,6,8,10,17H,1,3,5,7H2,(H,16,18). The van der Waals surface area contributed by atoms with Gasteiger partial charge in [-0.05, 0) is 43.4 Å². The number of carbonyl (C=O) groups excluding carboxylic acids is 1. The van der Waals surface area contributed by atoms with E-state index in [1.165, 1.54) is 6.07 Å². The molecule has 1 aliphatic carbocycles. The van der Waals surface area contributed by atoms with E-state index in [9.17, 15) is 9.90 Å². The molecule has 0 bridgehead atoms. The molecule has 2 unspecified atom stereocenters. The van der Waals surface area contributed by atoms with Crippen molar-refractivity contribution in [3.8, 4) is 5.75 Å². The third-order valence-electron chi connectivity index (χ3n) is 3.23. The molecule has 0 saturated heterocycles. The second kappa shape index (κ2) is 5.93. The van der Waals surface area contributed by atoms with E-state index in [4.69, 9.17) is 11.6 Å². The van der Waals surface area contributed by atoms with Crippen molar-refractivity contribution in [2.45, 2.75) is 24.6 Å². The lowest BCUT2D eigenvalue weighted by molar-refractivity contribution is 0.0944. The van der Waals surface area contributed by atoms with Crippen LogP contribution in [0.3, 0.4) is 0 Å². The first kappa shape index (κ1) is 13.7. The molecule has 0 aromatic heterocycles. The molecule has 3 nitrogen and oxygen atoms in total. The number of hydrogen-bond donors (Lipinski definition) is 2. The van der Waals surface area contributed by atoms with Crippen molar-refractivity contribution in [1.29, 1.82) is 0 Å². The number of halogens is 2. The number of phenolic OH excluding ortho intramolecular Hbond substituents is 1. The molecule has 2 rings (SSSR count). The molecule has 1 amide bonds. The van der Waals surface area contributed by atoms with Crippen molar-refractivity contribution in [3.63, 3.8) is 0 Å². The number of rotatable bonds is 3. The minimum absolute atomic E-state index is 0.00246. The van der Waals surface area contributed by atoms with Crippen molar-refractivity contribution < 1.29 is 9.90 Å². The van der Waals surface area contributed by atoms with E-state index in [1.807, 2.05) is 0 Å². The fourth-order valence-corrected chi connectivity index (χ4v) is 2.96. The quantitative estimate of drug-likeness (QED) is 0.835. The van der Waals surface area contributed by atoms with Gasteiger partial charge in [0.1, 0.15) is 5.75 Å². The van der Waals surface area contributed by atoms with E-state index in [2.05, 4.69) is 21.2 Å². The topological polar surface area (TPSA) is 49.3 Å². The molecular formula is C13H15BrClNO2. The zero-order chi connectivity index (χ0) is 13.1. The number of carbonyl (C=O) groups is 1. The molecule has 0 radical (unpaired) electrons. The Labute approximate surface area is 120 Å². The third kappa shape index (κ3) is 3.39. The number of amides is 1. The van der Waals surface area contributed by atoms with Crippen molar-refractivity contribution in [3.05, 3.63) is 28.2 Å². The first-order valence-electron chi connectivity index (χ1n) is 5.97. The molecule has 0 spiro atoms. The highest BCUT2D eigenvalue weighted by Gasteiger charge is 2.23. The van der Waals surface area contributed by atoms with Gasteiger partial charge in [-0.25, -0.2) is 0 Å². The van der Waals surface area contributed by atoms with Crippen LogP contribution in [0.4, 0.5) is 0 Å². The summed E-state index contributed by atoms with van der Waals surface area (Å²) in [6.45, 7) is 0.619. The molecule has 98 valence electrons. The normalized spacial score (nSPS) is 23.0. The second-order valence-electron chi connectivity index (χ2n) is 4.65. The minimum atomic E-state index is -0.244. The summed E-state index contributed by atoms with van der Waals surface area (Å²) < 4.78 is 0.770. The first-order valence-corrected chi connectivity index (χ1v) is 7.20. The molecule has 0 aliphatic heterocycles. The Hall–Kier alpha value is -0.740. The summed E-state index contributed by atoms with van der Waals surface area (Å²) >= 11 is 9.31. The Bertz CT molecular complexity index is 453. The summed E-state index contributed by atoms with van der Waals surface area (Å²) in [4.78, 5) is 11.9. The predicted molar refractivity (Wildman–Crippen MR) is 75.1 cm³/mol. The van der Waals surface area contributed by atoms with Crippen molar-refractivity contribution in [1.82, 2.24) is 5.32 Å². The number of aromatic hydroxyl groups is 1. The molecular weight excluding hydrogens is 318 g/mol. The van der Waals surface area contributed by atoms with Crippen molar-refractivity contribution in [2.24, 2.45) is 5.92 Å². The highest BCUT2D eigenvalue weighted by atomic mass is 79.9. The SMILES string of the molecule is O=C(NCC1CCC(Cl)C1)c1cc(Br)ccc1O. The van der Waals surface area contributed by atoms with Crippen LogP contribution >= 0.6 is 27.5 Å². The minimum Gasteiger partial charge on any atom is -0.507 e. The van der Waals surface area contributed by atoms with Gasteiger partial charge in [0.2, 0.25) is 0 Å². The van der Waals surface area contributed by atoms with Gasteiger partial charge in [0.25, 0.3) is 5.91 Å². The Kier molecular flexibility index (Phi) is 4.51. The van der Waals surface area contributed by atoms with E-state index in [0.29, 0.717) is 18.0 Å². The van der Waals surface area contributed by atoms with E-state index in [0.717, 1.165) is 23.7 Å². The Balaban J connectivity index is 1.93. The number of alkyl halides is 1. The molecule has 5 heteroatoms. The zero-order valence-corrected chi connectivity index (χ0v) is 12.2. The summed E-state index contributed by atoms with van der Waals surface area (Å²) in [6, 6.07) is 4.81. The molecule has 1 fully saturated rings. The molecule has 18 heavy (non-hydrogen) atoms. The second-order valence-corrected chi connectivity index (χ2v) is 6.18. The Morgan fingerprint density at radius 1 is 1.50 bits per heavy atom. The fraction of sp³-hybridized carbons (Fsp3) is 0.462. The van der Waals surface area contributed by atoms with Gasteiger partial charge in [-0.1, -0.05) is 15.9 Å². The van der Waals surface area contributed by atoms with Gasteiger partial charge in [-0.3, -0.25) is 4.79 Å². The molecule has 2 N–H and O–H groups in total. The molecule has 2 atom stereocenters. The third-order valence-corrected chi connectivity index (χ3v) is 4.12. The molecule has 1 aliphatic rings. The summed E-state index contributed by atoms with van der Waals surface area (Å²) in [5.74, 6) is 0.204. The average Bonchev–Trinajstić information content (AvgIpc) is 2.75. The summed E-state index contributed by atoms with van der Waals surface area (Å²) in [5.41, 5.74) is 0.296. The van der Waals surface area contributed by atoms with Gasteiger partial charge < -0.3 is 10.4 Å². The summed E-state index contributed by atoms with van der Waals surface area (Å²) in [5, 5.41) is 12.7. The largest absolute Gasteiger partial charge is 0.507 e. The molecule has 1 aromatic carbocycles. The van der Waals surface area contributed by atoms with Gasteiger partial charge in [-0.15, -0.1) is 11.6 Å². The lowest BCUT2D eigenvalue weighted by Gasteiger charge is -2.11. The van der Waals surface area contributed by atoms with E-state index in [-0.39, 0.29) is 17.0 Å². The maximum atomic E-state index is 11.9. The number of hydrogen-bond acceptors (Lipinski definition) is 2. The van der Waals surface area contributed by atoms with Gasteiger partial charge in [0.05, 0.1) is 5.56 Å². The number of phenols is 1. The van der Waals surface area contributed by atoms with Gasteiger partial charge in [0.15, 0.2) is 0 Å². The van der Waals surface area contributed by atoms with Crippen LogP contribution in [0.5, 0.6) is 5.75 Å². The zero-order valence-electron chi connectivity index (χ0n) is 9.83. The van der Waals surface area contributed by atoms with E-state index in [1.54, 1.807) is 12.1 Å². The van der Waals surface area contributed by atoms with Gasteiger partial charge in [0, 0.05) is 16.4 Å². The predicted octanol–water partition coefficient (Wildman–Crippen LogP) is 3.29. The summed E-state index contributed by atoms with van der Waals surface area (Å²) in [7, 11) is 0. The van der Waals surface area contributed by atoms with Crippen LogP contribution in [0.15, 0.2) is 22.7 Å². The van der Waals surface area contributed by atoms with Crippen LogP contribution in [-0.2, 0) is 0 Å². The van der Waals surface area contributed by atoms with Crippen LogP contribution in [-0.4, -0.2) is 22.9 Å². The lowest BCUT2D eigenvalue weighted by atomic mass is 10.1. The Morgan fingerprint density at radius 2 is 2.28 bits per heavy atom. The van der Waals surface area contributed by atoms with Crippen molar-refractivity contribution >= 4 is 33.4 Å². The maximum Gasteiger partial charge on any atom is 0.255 e. The van der Waals surface area contributed by atoms with Crippen LogP contribution < -0.4 is 5.32 Å². The van der Waals surface area contributed by atoms with Gasteiger partial charge in [-0.2, -0.15) is 0 Å². The highest BCUT2D eigenvalue weighted by molar-refractivity contribution is 9.10. The summed E-state index contributed by atoms with van der Waals surface area (Å²) in [6.07, 6.45) is 3.02.